The summed E-state index contributed by atoms with van der Waals surface area (Å²) in [6.45, 7) is 1.44. The SMILES string of the molecule is CC(C(N)=NO)N(C)S(N)(=O)=O. The van der Waals surface area contributed by atoms with Gasteiger partial charge in [-0.05, 0) is 6.92 Å². The Labute approximate surface area is 70.8 Å². The lowest BCUT2D eigenvalue weighted by atomic mass is 10.3. The number of likely N-dealkylation sites (N-methyl/N-ethyl adjacent to an activating group) is 1. The van der Waals surface area contributed by atoms with Gasteiger partial charge in [0, 0.05) is 7.05 Å². The minimum Gasteiger partial charge on any atom is -0.409 e. The number of amidine groups is 1. The van der Waals surface area contributed by atoms with Crippen LogP contribution in [0.1, 0.15) is 6.92 Å². The first-order valence-corrected chi connectivity index (χ1v) is 4.54. The highest BCUT2D eigenvalue weighted by Crippen LogP contribution is 1.98. The molecule has 0 bridgehead atoms. The van der Waals surface area contributed by atoms with Crippen molar-refractivity contribution in [1.82, 2.24) is 4.31 Å². The summed E-state index contributed by atoms with van der Waals surface area (Å²) in [6, 6.07) is -0.759. The fraction of sp³-hybridized carbons (Fsp3) is 0.750. The van der Waals surface area contributed by atoms with Crippen molar-refractivity contribution in [3.63, 3.8) is 0 Å². The Morgan fingerprint density at radius 2 is 2.08 bits per heavy atom. The highest BCUT2D eigenvalue weighted by Gasteiger charge is 2.21. The second-order valence-electron chi connectivity index (χ2n) is 2.26. The van der Waals surface area contributed by atoms with E-state index in [0.717, 1.165) is 4.31 Å². The standard InChI is InChI=1S/C4H12N4O3S/c1-3(4(5)7-9)8(2)12(6,10)11/h3,9H,1-2H3,(H2,5,7)(H2,6,10,11). The third-order valence-corrected chi connectivity index (χ3v) is 2.61. The molecule has 7 nitrogen and oxygen atoms in total. The zero-order chi connectivity index (χ0) is 9.94. The summed E-state index contributed by atoms with van der Waals surface area (Å²) in [4.78, 5) is 0. The molecular weight excluding hydrogens is 184 g/mol. The summed E-state index contributed by atoms with van der Waals surface area (Å²) in [5, 5.41) is 15.7. The van der Waals surface area contributed by atoms with Gasteiger partial charge in [0.25, 0.3) is 10.2 Å². The normalized spacial score (nSPS) is 16.5. The van der Waals surface area contributed by atoms with Crippen molar-refractivity contribution in [3.8, 4) is 0 Å². The molecule has 0 radical (unpaired) electrons. The van der Waals surface area contributed by atoms with Gasteiger partial charge in [0.15, 0.2) is 5.84 Å². The predicted molar refractivity (Wildman–Crippen MR) is 43.7 cm³/mol. The highest BCUT2D eigenvalue weighted by molar-refractivity contribution is 7.86. The molecule has 5 N–H and O–H groups in total. The Kier molecular flexibility index (Phi) is 3.43. The van der Waals surface area contributed by atoms with Gasteiger partial charge in [-0.15, -0.1) is 0 Å². The van der Waals surface area contributed by atoms with Crippen LogP contribution in [0.25, 0.3) is 0 Å². The number of hydrogen-bond acceptors (Lipinski definition) is 4. The Bertz CT molecular complexity index is 272. The molecule has 0 fully saturated rings. The number of rotatable bonds is 3. The molecule has 12 heavy (non-hydrogen) atoms. The monoisotopic (exact) mass is 196 g/mol. The first kappa shape index (κ1) is 11.1. The van der Waals surface area contributed by atoms with Crippen molar-refractivity contribution in [3.05, 3.63) is 0 Å². The van der Waals surface area contributed by atoms with E-state index < -0.39 is 16.3 Å². The fourth-order valence-electron chi connectivity index (χ4n) is 0.490. The summed E-state index contributed by atoms with van der Waals surface area (Å²) in [6.07, 6.45) is 0. The molecule has 1 unspecified atom stereocenters. The smallest absolute Gasteiger partial charge is 0.277 e. The lowest BCUT2D eigenvalue weighted by molar-refractivity contribution is 0.311. The van der Waals surface area contributed by atoms with Crippen LogP contribution in [0.5, 0.6) is 0 Å². The van der Waals surface area contributed by atoms with Crippen LogP contribution in [0.2, 0.25) is 0 Å². The van der Waals surface area contributed by atoms with Gasteiger partial charge in [-0.3, -0.25) is 0 Å². The largest absolute Gasteiger partial charge is 0.409 e. The average Bonchev–Trinajstić information content (AvgIpc) is 1.98. The van der Waals surface area contributed by atoms with Crippen LogP contribution in [0.15, 0.2) is 5.16 Å². The molecule has 0 saturated carbocycles. The summed E-state index contributed by atoms with van der Waals surface area (Å²) in [5.41, 5.74) is 5.15. The minimum absolute atomic E-state index is 0.216. The summed E-state index contributed by atoms with van der Waals surface area (Å²) >= 11 is 0. The lowest BCUT2D eigenvalue weighted by Crippen LogP contribution is -2.46. The van der Waals surface area contributed by atoms with E-state index in [4.69, 9.17) is 16.1 Å². The van der Waals surface area contributed by atoms with E-state index in [2.05, 4.69) is 5.16 Å². The third kappa shape index (κ3) is 2.64. The van der Waals surface area contributed by atoms with Gasteiger partial charge in [0.1, 0.15) is 0 Å². The molecule has 0 amide bonds. The van der Waals surface area contributed by atoms with Crippen LogP contribution in [-0.4, -0.2) is 36.9 Å². The molecule has 0 aliphatic carbocycles. The van der Waals surface area contributed by atoms with Crippen molar-refractivity contribution in [2.24, 2.45) is 16.0 Å². The number of nitrogens with two attached hydrogens (primary N) is 2. The molecule has 8 heteroatoms. The summed E-state index contributed by atoms with van der Waals surface area (Å²) in [5.74, 6) is -0.216. The van der Waals surface area contributed by atoms with Crippen molar-refractivity contribution in [1.29, 1.82) is 0 Å². The van der Waals surface area contributed by atoms with Gasteiger partial charge < -0.3 is 10.9 Å². The molecule has 0 rings (SSSR count). The molecule has 1 atom stereocenters. The maximum atomic E-state index is 10.7. The first-order valence-electron chi connectivity index (χ1n) is 3.04. The van der Waals surface area contributed by atoms with E-state index in [0.29, 0.717) is 0 Å². The van der Waals surface area contributed by atoms with Crippen LogP contribution in [0.4, 0.5) is 0 Å². The van der Waals surface area contributed by atoms with E-state index >= 15 is 0 Å². The quantitative estimate of drug-likeness (QED) is 0.214. The van der Waals surface area contributed by atoms with Crippen LogP contribution >= 0.6 is 0 Å². The van der Waals surface area contributed by atoms with Crippen LogP contribution in [-0.2, 0) is 10.2 Å². The van der Waals surface area contributed by atoms with Crippen molar-refractivity contribution >= 4 is 16.0 Å². The van der Waals surface area contributed by atoms with Crippen LogP contribution in [0.3, 0.4) is 0 Å². The zero-order valence-corrected chi connectivity index (χ0v) is 7.61. The Morgan fingerprint density at radius 3 is 2.33 bits per heavy atom. The van der Waals surface area contributed by atoms with Crippen LogP contribution in [0, 0.1) is 0 Å². The van der Waals surface area contributed by atoms with Crippen molar-refractivity contribution in [2.75, 3.05) is 7.05 Å². The van der Waals surface area contributed by atoms with E-state index in [1.54, 1.807) is 0 Å². The highest BCUT2D eigenvalue weighted by atomic mass is 32.2. The molecule has 0 aromatic carbocycles. The molecule has 0 aliphatic rings. The molecule has 0 heterocycles. The summed E-state index contributed by atoms with van der Waals surface area (Å²) in [7, 11) is -2.56. The van der Waals surface area contributed by atoms with Gasteiger partial charge in [0.05, 0.1) is 6.04 Å². The summed E-state index contributed by atoms with van der Waals surface area (Å²) < 4.78 is 22.2. The Balaban J connectivity index is 4.63. The maximum Gasteiger partial charge on any atom is 0.277 e. The van der Waals surface area contributed by atoms with Crippen molar-refractivity contribution in [2.45, 2.75) is 13.0 Å². The van der Waals surface area contributed by atoms with Crippen molar-refractivity contribution < 1.29 is 13.6 Å². The molecular formula is C4H12N4O3S. The average molecular weight is 196 g/mol. The molecule has 0 aliphatic heterocycles. The van der Waals surface area contributed by atoms with Crippen LogP contribution < -0.4 is 10.9 Å². The second kappa shape index (κ2) is 3.70. The topological polar surface area (TPSA) is 122 Å². The fourth-order valence-corrected chi connectivity index (χ4v) is 1.04. The van der Waals surface area contributed by atoms with Gasteiger partial charge >= 0.3 is 0 Å². The molecule has 72 valence electrons. The maximum absolute atomic E-state index is 10.7. The zero-order valence-electron chi connectivity index (χ0n) is 6.80. The van der Waals surface area contributed by atoms with E-state index in [1.807, 2.05) is 0 Å². The molecule has 0 spiro atoms. The second-order valence-corrected chi connectivity index (χ2v) is 3.87. The molecule has 0 aromatic heterocycles. The predicted octanol–water partition coefficient (Wildman–Crippen LogP) is -1.74. The van der Waals surface area contributed by atoms with E-state index in [9.17, 15) is 8.42 Å². The van der Waals surface area contributed by atoms with Gasteiger partial charge in [-0.25, -0.2) is 5.14 Å². The third-order valence-electron chi connectivity index (χ3n) is 1.49. The van der Waals surface area contributed by atoms with E-state index in [1.165, 1.54) is 14.0 Å². The molecule has 0 aromatic rings. The first-order chi connectivity index (χ1) is 5.30. The van der Waals surface area contributed by atoms with Gasteiger partial charge in [0.2, 0.25) is 0 Å². The number of nitrogens with zero attached hydrogens (tertiary/aromatic N) is 2. The molecule has 0 saturated heterocycles. The Morgan fingerprint density at radius 1 is 1.67 bits per heavy atom. The Hall–Kier alpha value is -0.860. The van der Waals surface area contributed by atoms with E-state index in [-0.39, 0.29) is 5.84 Å². The van der Waals surface area contributed by atoms with Gasteiger partial charge in [-0.1, -0.05) is 5.16 Å². The number of oxime groups is 1. The lowest BCUT2D eigenvalue weighted by Gasteiger charge is -2.19. The minimum atomic E-state index is -3.80. The van der Waals surface area contributed by atoms with Gasteiger partial charge in [-0.2, -0.15) is 12.7 Å². The number of hydrogen-bond donors (Lipinski definition) is 3.